The lowest BCUT2D eigenvalue weighted by molar-refractivity contribution is 0.900. The molecule has 1 aliphatic rings. The minimum absolute atomic E-state index is 0.333. The Morgan fingerprint density at radius 3 is 2.00 bits per heavy atom. The standard InChI is InChI=1S/C5H7Br2Cl/c6-3-1-2-4(8)5(3)7/h3-5H,1-2H2. The molecule has 1 fully saturated rings. The minimum Gasteiger partial charge on any atom is -0.122 e. The largest absolute Gasteiger partial charge is 0.122 e. The predicted octanol–water partition coefficient (Wildman–Crippen LogP) is 2.91. The first-order valence-electron chi connectivity index (χ1n) is 2.64. The highest BCUT2D eigenvalue weighted by atomic mass is 79.9. The van der Waals surface area contributed by atoms with E-state index >= 15 is 0 Å². The average Bonchev–Trinajstić information content (AvgIpc) is 1.98. The second-order valence-corrected chi connectivity index (χ2v) is 4.85. The van der Waals surface area contributed by atoms with Gasteiger partial charge in [-0.15, -0.1) is 11.6 Å². The van der Waals surface area contributed by atoms with Crippen molar-refractivity contribution in [2.45, 2.75) is 27.9 Å². The summed E-state index contributed by atoms with van der Waals surface area (Å²) in [5.74, 6) is 0. The van der Waals surface area contributed by atoms with Crippen molar-refractivity contribution in [1.82, 2.24) is 0 Å². The van der Waals surface area contributed by atoms with Crippen molar-refractivity contribution in [3.63, 3.8) is 0 Å². The highest BCUT2D eigenvalue weighted by molar-refractivity contribution is 9.12. The van der Waals surface area contributed by atoms with E-state index in [-0.39, 0.29) is 0 Å². The normalized spacial score (nSPS) is 47.6. The van der Waals surface area contributed by atoms with Crippen LogP contribution in [0, 0.1) is 0 Å². The lowest BCUT2D eigenvalue weighted by atomic mass is 10.4. The third-order valence-corrected chi connectivity index (χ3v) is 5.22. The summed E-state index contributed by atoms with van der Waals surface area (Å²) >= 11 is 12.9. The minimum atomic E-state index is 0.333. The molecule has 0 aromatic heterocycles. The lowest BCUT2D eigenvalue weighted by Crippen LogP contribution is -2.12. The summed E-state index contributed by atoms with van der Waals surface area (Å²) in [4.78, 5) is 1.06. The van der Waals surface area contributed by atoms with Crippen molar-refractivity contribution in [3.8, 4) is 0 Å². The molecule has 1 aliphatic carbocycles. The first-order chi connectivity index (χ1) is 3.72. The zero-order valence-corrected chi connectivity index (χ0v) is 8.21. The zero-order chi connectivity index (χ0) is 6.15. The van der Waals surface area contributed by atoms with E-state index in [9.17, 15) is 0 Å². The van der Waals surface area contributed by atoms with Crippen LogP contribution in [0.2, 0.25) is 0 Å². The highest BCUT2D eigenvalue weighted by Gasteiger charge is 2.30. The monoisotopic (exact) mass is 260 g/mol. The van der Waals surface area contributed by atoms with Gasteiger partial charge in [-0.05, 0) is 12.8 Å². The Bertz CT molecular complexity index is 76.5. The molecule has 0 radical (unpaired) electrons. The van der Waals surface area contributed by atoms with Crippen molar-refractivity contribution in [2.24, 2.45) is 0 Å². The molecular formula is C5H7Br2Cl. The van der Waals surface area contributed by atoms with Gasteiger partial charge < -0.3 is 0 Å². The average molecular weight is 262 g/mol. The molecule has 0 aromatic rings. The molecule has 0 heterocycles. The van der Waals surface area contributed by atoms with E-state index in [0.717, 1.165) is 6.42 Å². The molecule has 1 saturated carbocycles. The summed E-state index contributed by atoms with van der Waals surface area (Å²) in [7, 11) is 0. The Morgan fingerprint density at radius 2 is 1.88 bits per heavy atom. The number of rotatable bonds is 0. The van der Waals surface area contributed by atoms with Gasteiger partial charge in [-0.3, -0.25) is 0 Å². The van der Waals surface area contributed by atoms with E-state index in [0.29, 0.717) is 15.0 Å². The second-order valence-electron chi connectivity index (χ2n) is 2.05. The van der Waals surface area contributed by atoms with E-state index in [2.05, 4.69) is 31.9 Å². The lowest BCUT2D eigenvalue weighted by Gasteiger charge is -2.06. The van der Waals surface area contributed by atoms with Crippen LogP contribution in [0.25, 0.3) is 0 Å². The smallest absolute Gasteiger partial charge is 0.0472 e. The van der Waals surface area contributed by atoms with E-state index in [1.807, 2.05) is 0 Å². The number of halogens is 3. The van der Waals surface area contributed by atoms with Crippen LogP contribution < -0.4 is 0 Å². The van der Waals surface area contributed by atoms with Crippen LogP contribution in [-0.4, -0.2) is 15.0 Å². The van der Waals surface area contributed by atoms with Gasteiger partial charge >= 0.3 is 0 Å². The fourth-order valence-corrected chi connectivity index (χ4v) is 2.50. The van der Waals surface area contributed by atoms with Gasteiger partial charge in [-0.2, -0.15) is 0 Å². The summed E-state index contributed by atoms with van der Waals surface area (Å²) in [5, 5.41) is 0.333. The summed E-state index contributed by atoms with van der Waals surface area (Å²) in [5.41, 5.74) is 0. The van der Waals surface area contributed by atoms with Gasteiger partial charge in [0.25, 0.3) is 0 Å². The Morgan fingerprint density at radius 1 is 1.25 bits per heavy atom. The van der Waals surface area contributed by atoms with Gasteiger partial charge in [0.05, 0.1) is 0 Å². The molecule has 3 atom stereocenters. The Kier molecular flexibility index (Phi) is 2.66. The molecule has 0 bridgehead atoms. The summed E-state index contributed by atoms with van der Waals surface area (Å²) in [6.07, 6.45) is 2.33. The number of hydrogen-bond donors (Lipinski definition) is 0. The first-order valence-corrected chi connectivity index (χ1v) is 4.91. The van der Waals surface area contributed by atoms with Crippen molar-refractivity contribution in [2.75, 3.05) is 0 Å². The van der Waals surface area contributed by atoms with Crippen molar-refractivity contribution in [1.29, 1.82) is 0 Å². The molecule has 48 valence electrons. The van der Waals surface area contributed by atoms with Crippen LogP contribution >= 0.6 is 43.5 Å². The molecule has 8 heavy (non-hydrogen) atoms. The fourth-order valence-electron chi connectivity index (χ4n) is 0.863. The SMILES string of the molecule is ClC1CCC(Br)C1Br. The highest BCUT2D eigenvalue weighted by Crippen LogP contribution is 2.34. The van der Waals surface area contributed by atoms with Crippen molar-refractivity contribution >= 4 is 43.5 Å². The molecule has 0 aliphatic heterocycles. The van der Waals surface area contributed by atoms with Crippen LogP contribution in [0.1, 0.15) is 12.8 Å². The Hall–Kier alpha value is 1.25. The third kappa shape index (κ3) is 1.39. The van der Waals surface area contributed by atoms with Crippen molar-refractivity contribution < 1.29 is 0 Å². The van der Waals surface area contributed by atoms with Gasteiger partial charge in [0, 0.05) is 15.0 Å². The maximum atomic E-state index is 5.88. The summed E-state index contributed by atoms with van der Waals surface area (Å²) in [6.45, 7) is 0. The molecule has 0 amide bonds. The zero-order valence-electron chi connectivity index (χ0n) is 4.28. The van der Waals surface area contributed by atoms with Gasteiger partial charge in [0.2, 0.25) is 0 Å². The van der Waals surface area contributed by atoms with E-state index < -0.39 is 0 Å². The second kappa shape index (κ2) is 2.89. The van der Waals surface area contributed by atoms with Crippen LogP contribution in [0.15, 0.2) is 0 Å². The maximum Gasteiger partial charge on any atom is 0.0472 e. The predicted molar refractivity (Wildman–Crippen MR) is 44.3 cm³/mol. The van der Waals surface area contributed by atoms with Crippen LogP contribution in [0.3, 0.4) is 0 Å². The van der Waals surface area contributed by atoms with Gasteiger partial charge in [0.1, 0.15) is 0 Å². The van der Waals surface area contributed by atoms with E-state index in [4.69, 9.17) is 11.6 Å². The molecule has 0 aromatic carbocycles. The molecule has 0 N–H and O–H groups in total. The van der Waals surface area contributed by atoms with Crippen LogP contribution in [-0.2, 0) is 0 Å². The van der Waals surface area contributed by atoms with E-state index in [1.54, 1.807) is 0 Å². The van der Waals surface area contributed by atoms with Gasteiger partial charge in [-0.1, -0.05) is 31.9 Å². The summed E-state index contributed by atoms with van der Waals surface area (Å²) < 4.78 is 0. The van der Waals surface area contributed by atoms with E-state index in [1.165, 1.54) is 6.42 Å². The number of hydrogen-bond acceptors (Lipinski definition) is 0. The molecular weight excluding hydrogens is 255 g/mol. The Labute approximate surface area is 71.2 Å². The topological polar surface area (TPSA) is 0 Å². The molecule has 3 heteroatoms. The van der Waals surface area contributed by atoms with Crippen molar-refractivity contribution in [3.05, 3.63) is 0 Å². The first kappa shape index (κ1) is 7.36. The van der Waals surface area contributed by atoms with Gasteiger partial charge in [-0.25, -0.2) is 0 Å². The Balaban J connectivity index is 2.44. The summed E-state index contributed by atoms with van der Waals surface area (Å²) in [6, 6.07) is 0. The third-order valence-electron chi connectivity index (χ3n) is 1.41. The number of alkyl halides is 3. The molecule has 1 rings (SSSR count). The fraction of sp³-hybridized carbons (Fsp3) is 1.00. The van der Waals surface area contributed by atoms with Crippen LogP contribution in [0.5, 0.6) is 0 Å². The molecule has 0 saturated heterocycles. The quantitative estimate of drug-likeness (QED) is 0.589. The molecule has 0 nitrogen and oxygen atoms in total. The molecule has 0 spiro atoms. The van der Waals surface area contributed by atoms with Gasteiger partial charge in [0.15, 0.2) is 0 Å². The van der Waals surface area contributed by atoms with Crippen LogP contribution in [0.4, 0.5) is 0 Å². The maximum absolute atomic E-state index is 5.88. The molecule has 3 unspecified atom stereocenters.